The van der Waals surface area contributed by atoms with E-state index in [1.54, 1.807) is 41.3 Å². The summed E-state index contributed by atoms with van der Waals surface area (Å²) < 4.78 is 0. The van der Waals surface area contributed by atoms with Crippen LogP contribution in [-0.2, 0) is 9.59 Å². The minimum atomic E-state index is -0.261. The Hall–Kier alpha value is -2.95. The minimum Gasteiger partial charge on any atom is -0.307 e. The van der Waals surface area contributed by atoms with E-state index >= 15 is 0 Å². The Labute approximate surface area is 146 Å². The fourth-order valence-electron chi connectivity index (χ4n) is 3.23. The van der Waals surface area contributed by atoms with Crippen LogP contribution in [0.25, 0.3) is 0 Å². The molecule has 3 rings (SSSR count). The molecule has 128 valence electrons. The summed E-state index contributed by atoms with van der Waals surface area (Å²) in [6, 6.07) is 15.9. The Bertz CT molecular complexity index is 817. The van der Waals surface area contributed by atoms with Gasteiger partial charge in [0, 0.05) is 24.9 Å². The zero-order valence-electron chi connectivity index (χ0n) is 14.3. The van der Waals surface area contributed by atoms with Crippen molar-refractivity contribution in [1.82, 2.24) is 0 Å². The lowest BCUT2D eigenvalue weighted by molar-refractivity contribution is -0.119. The molecule has 0 N–H and O–H groups in total. The quantitative estimate of drug-likeness (QED) is 0.810. The largest absolute Gasteiger partial charge is 0.307 e. The van der Waals surface area contributed by atoms with Crippen LogP contribution in [0.4, 0.5) is 11.4 Å². The Morgan fingerprint density at radius 2 is 1.60 bits per heavy atom. The number of fused-ring (bicyclic) bond motifs is 1. The van der Waals surface area contributed by atoms with Crippen molar-refractivity contribution in [2.75, 3.05) is 16.3 Å². The molecule has 0 unspecified atom stereocenters. The van der Waals surface area contributed by atoms with E-state index in [0.717, 1.165) is 0 Å². The fraction of sp³-hybridized carbons (Fsp3) is 0.250. The highest BCUT2D eigenvalue weighted by atomic mass is 16.2. The molecule has 0 saturated carbocycles. The minimum absolute atomic E-state index is 0.0433. The van der Waals surface area contributed by atoms with Crippen molar-refractivity contribution in [2.45, 2.75) is 26.3 Å². The number of rotatable bonds is 3. The Morgan fingerprint density at radius 3 is 2.24 bits per heavy atom. The molecular weight excluding hydrogens is 316 g/mol. The van der Waals surface area contributed by atoms with Gasteiger partial charge in [-0.1, -0.05) is 42.5 Å². The zero-order chi connectivity index (χ0) is 18.0. The fourth-order valence-corrected chi connectivity index (χ4v) is 3.23. The number of hydrogen-bond acceptors (Lipinski definition) is 3. The van der Waals surface area contributed by atoms with Crippen LogP contribution in [0.1, 0.15) is 30.6 Å². The van der Waals surface area contributed by atoms with Crippen LogP contribution in [0, 0.1) is 0 Å². The first-order valence-electron chi connectivity index (χ1n) is 8.26. The molecule has 0 bridgehead atoms. The average molecular weight is 336 g/mol. The van der Waals surface area contributed by atoms with Gasteiger partial charge in [-0.2, -0.15) is 0 Å². The smallest absolute Gasteiger partial charge is 0.229 e. The van der Waals surface area contributed by atoms with E-state index in [-0.39, 0.29) is 36.6 Å². The van der Waals surface area contributed by atoms with Crippen LogP contribution in [0.5, 0.6) is 0 Å². The van der Waals surface area contributed by atoms with Crippen LogP contribution in [0.15, 0.2) is 54.6 Å². The van der Waals surface area contributed by atoms with Gasteiger partial charge in [0.15, 0.2) is 5.78 Å². The second-order valence-corrected chi connectivity index (χ2v) is 6.20. The molecule has 0 aliphatic carbocycles. The normalized spacial score (nSPS) is 17.0. The molecule has 0 spiro atoms. The molecule has 1 atom stereocenters. The third-order valence-corrected chi connectivity index (χ3v) is 4.38. The molecule has 2 amide bonds. The molecule has 5 heteroatoms. The SMILES string of the molecule is CC(=O)N1c2ccccc2N(CC(=O)c2ccccc2)C(=O)C[C@@H]1C. The summed E-state index contributed by atoms with van der Waals surface area (Å²) in [6.45, 7) is 3.29. The topological polar surface area (TPSA) is 57.7 Å². The average Bonchev–Trinajstić information content (AvgIpc) is 2.70. The first-order valence-corrected chi connectivity index (χ1v) is 8.26. The highest BCUT2D eigenvalue weighted by Gasteiger charge is 2.33. The molecule has 1 heterocycles. The number of carbonyl (C=O) groups is 3. The number of amides is 2. The maximum atomic E-state index is 12.8. The molecule has 0 fully saturated rings. The molecule has 25 heavy (non-hydrogen) atoms. The Kier molecular flexibility index (Phi) is 4.65. The lowest BCUT2D eigenvalue weighted by Crippen LogP contribution is -2.38. The zero-order valence-corrected chi connectivity index (χ0v) is 14.3. The van der Waals surface area contributed by atoms with Crippen LogP contribution >= 0.6 is 0 Å². The summed E-state index contributed by atoms with van der Waals surface area (Å²) in [6.07, 6.45) is 0.177. The lowest BCUT2D eigenvalue weighted by Gasteiger charge is -2.27. The van der Waals surface area contributed by atoms with E-state index < -0.39 is 0 Å². The lowest BCUT2D eigenvalue weighted by atomic mass is 10.1. The number of hydrogen-bond donors (Lipinski definition) is 0. The van der Waals surface area contributed by atoms with Crippen molar-refractivity contribution in [2.24, 2.45) is 0 Å². The number of benzene rings is 2. The van der Waals surface area contributed by atoms with E-state index in [9.17, 15) is 14.4 Å². The van der Waals surface area contributed by atoms with Gasteiger partial charge in [0.2, 0.25) is 11.8 Å². The molecular formula is C20H20N2O3. The number of anilines is 2. The highest BCUT2D eigenvalue weighted by Crippen LogP contribution is 2.35. The standard InChI is InChI=1S/C20H20N2O3/c1-14-12-20(25)21(13-19(24)16-8-4-3-5-9-16)17-10-6-7-11-18(17)22(14)15(2)23/h3-11,14H,12-13H2,1-2H3/t14-/m0/s1. The predicted molar refractivity (Wildman–Crippen MR) is 96.8 cm³/mol. The van der Waals surface area contributed by atoms with Crippen LogP contribution in [-0.4, -0.2) is 30.2 Å². The van der Waals surface area contributed by atoms with Gasteiger partial charge in [-0.05, 0) is 19.1 Å². The van der Waals surface area contributed by atoms with Crippen molar-refractivity contribution in [3.8, 4) is 0 Å². The van der Waals surface area contributed by atoms with E-state index in [1.165, 1.54) is 11.8 Å². The maximum absolute atomic E-state index is 12.8. The van der Waals surface area contributed by atoms with Crippen LogP contribution in [0.3, 0.4) is 0 Å². The molecule has 1 aliphatic rings. The summed E-state index contributed by atoms with van der Waals surface area (Å²) >= 11 is 0. The molecule has 5 nitrogen and oxygen atoms in total. The van der Waals surface area contributed by atoms with E-state index in [0.29, 0.717) is 16.9 Å². The van der Waals surface area contributed by atoms with Gasteiger partial charge in [-0.15, -0.1) is 0 Å². The van der Waals surface area contributed by atoms with Gasteiger partial charge >= 0.3 is 0 Å². The number of nitrogens with zero attached hydrogens (tertiary/aromatic N) is 2. The van der Waals surface area contributed by atoms with Crippen molar-refractivity contribution < 1.29 is 14.4 Å². The van der Waals surface area contributed by atoms with Crippen LogP contribution in [0.2, 0.25) is 0 Å². The van der Waals surface area contributed by atoms with Gasteiger partial charge in [0.05, 0.1) is 17.9 Å². The van der Waals surface area contributed by atoms with Crippen molar-refractivity contribution >= 4 is 29.0 Å². The molecule has 0 saturated heterocycles. The monoisotopic (exact) mass is 336 g/mol. The second kappa shape index (κ2) is 6.89. The second-order valence-electron chi connectivity index (χ2n) is 6.20. The Morgan fingerprint density at radius 1 is 1.00 bits per heavy atom. The third kappa shape index (κ3) is 3.31. The Balaban J connectivity index is 2.00. The molecule has 0 aromatic heterocycles. The number of carbonyl (C=O) groups excluding carboxylic acids is 3. The van der Waals surface area contributed by atoms with Crippen molar-refractivity contribution in [1.29, 1.82) is 0 Å². The predicted octanol–water partition coefficient (Wildman–Crippen LogP) is 3.05. The van der Waals surface area contributed by atoms with E-state index in [1.807, 2.05) is 25.1 Å². The van der Waals surface area contributed by atoms with Crippen molar-refractivity contribution in [3.63, 3.8) is 0 Å². The van der Waals surface area contributed by atoms with Gasteiger partial charge in [0.25, 0.3) is 0 Å². The highest BCUT2D eigenvalue weighted by molar-refractivity contribution is 6.10. The summed E-state index contributed by atoms with van der Waals surface area (Å²) in [5.41, 5.74) is 1.82. The molecule has 2 aromatic rings. The number of Topliss-reactive ketones (excluding diaryl/α,β-unsaturated/α-hetero) is 1. The van der Waals surface area contributed by atoms with Gasteiger partial charge in [0.1, 0.15) is 0 Å². The van der Waals surface area contributed by atoms with Crippen molar-refractivity contribution in [3.05, 3.63) is 60.2 Å². The molecule has 0 radical (unpaired) electrons. The summed E-state index contributed by atoms with van der Waals surface area (Å²) in [7, 11) is 0. The molecule has 1 aliphatic heterocycles. The first kappa shape index (κ1) is 16.9. The summed E-state index contributed by atoms with van der Waals surface area (Å²) in [5, 5.41) is 0. The maximum Gasteiger partial charge on any atom is 0.229 e. The van der Waals surface area contributed by atoms with E-state index in [4.69, 9.17) is 0 Å². The van der Waals surface area contributed by atoms with Gasteiger partial charge in [-0.25, -0.2) is 0 Å². The summed E-state index contributed by atoms with van der Waals surface area (Å²) in [4.78, 5) is 40.6. The van der Waals surface area contributed by atoms with Crippen LogP contribution < -0.4 is 9.80 Å². The summed E-state index contributed by atoms with van der Waals surface area (Å²) in [5.74, 6) is -0.412. The first-order chi connectivity index (χ1) is 12.0. The number of para-hydroxylation sites is 2. The number of ketones is 1. The molecule has 2 aromatic carbocycles. The van der Waals surface area contributed by atoms with Gasteiger partial charge < -0.3 is 9.80 Å². The van der Waals surface area contributed by atoms with Gasteiger partial charge in [-0.3, -0.25) is 14.4 Å². The third-order valence-electron chi connectivity index (χ3n) is 4.38. The van der Waals surface area contributed by atoms with E-state index in [2.05, 4.69) is 0 Å².